The Hall–Kier alpha value is -3.13. The third-order valence-electron chi connectivity index (χ3n) is 5.01. The molecule has 1 unspecified atom stereocenters. The first kappa shape index (κ1) is 17.3. The summed E-state index contributed by atoms with van der Waals surface area (Å²) in [7, 11) is 0. The summed E-state index contributed by atoms with van der Waals surface area (Å²) in [4.78, 5) is 32.5. The van der Waals surface area contributed by atoms with Crippen LogP contribution in [-0.2, 0) is 0 Å². The van der Waals surface area contributed by atoms with Gasteiger partial charge in [0.25, 0.3) is 0 Å². The molecule has 1 atom stereocenters. The Labute approximate surface area is 156 Å². The van der Waals surface area contributed by atoms with Gasteiger partial charge < -0.3 is 10.0 Å². The van der Waals surface area contributed by atoms with Gasteiger partial charge in [0.15, 0.2) is 0 Å². The highest BCUT2D eigenvalue weighted by atomic mass is 16.4. The molecule has 0 aliphatic carbocycles. The minimum Gasteiger partial charge on any atom is -0.478 e. The zero-order valence-electron chi connectivity index (χ0n) is 15.0. The molecular weight excluding hydrogens is 344 g/mol. The van der Waals surface area contributed by atoms with Crippen LogP contribution in [-0.4, -0.2) is 62.1 Å². The van der Waals surface area contributed by atoms with Crippen LogP contribution in [0.5, 0.6) is 0 Å². The van der Waals surface area contributed by atoms with Crippen molar-refractivity contribution in [3.8, 4) is 0 Å². The molecule has 8 heteroatoms. The topological polar surface area (TPSA) is 95.3 Å². The van der Waals surface area contributed by atoms with Gasteiger partial charge in [0.2, 0.25) is 5.95 Å². The summed E-state index contributed by atoms with van der Waals surface area (Å²) in [6.45, 7) is 5.55. The van der Waals surface area contributed by atoms with Crippen LogP contribution in [0.15, 0.2) is 43.0 Å². The Kier molecular flexibility index (Phi) is 4.64. The minimum absolute atomic E-state index is 0.102. The molecule has 1 aromatic carbocycles. The Morgan fingerprint density at radius 3 is 2.33 bits per heavy atom. The number of aromatic nitrogens is 4. The number of anilines is 1. The molecule has 1 saturated heterocycles. The van der Waals surface area contributed by atoms with E-state index in [0.717, 1.165) is 37.2 Å². The van der Waals surface area contributed by atoms with Crippen LogP contribution in [0.25, 0.3) is 11.0 Å². The van der Waals surface area contributed by atoms with E-state index in [1.807, 2.05) is 6.07 Å². The number of rotatable bonds is 4. The molecule has 3 aromatic rings. The van der Waals surface area contributed by atoms with Gasteiger partial charge in [-0.05, 0) is 24.6 Å². The van der Waals surface area contributed by atoms with Crippen LogP contribution >= 0.6 is 0 Å². The summed E-state index contributed by atoms with van der Waals surface area (Å²) in [5.41, 5.74) is 3.14. The number of nitrogens with zero attached hydrogens (tertiary/aromatic N) is 6. The number of carboxylic acid groups (broad SMARTS) is 1. The monoisotopic (exact) mass is 364 g/mol. The molecule has 1 fully saturated rings. The van der Waals surface area contributed by atoms with Crippen LogP contribution in [0.1, 0.15) is 28.9 Å². The van der Waals surface area contributed by atoms with Crippen molar-refractivity contribution in [2.45, 2.75) is 13.0 Å². The van der Waals surface area contributed by atoms with Crippen LogP contribution in [0, 0.1) is 0 Å². The number of carbonyl (C=O) groups is 1. The summed E-state index contributed by atoms with van der Waals surface area (Å²) < 4.78 is 0. The maximum absolute atomic E-state index is 10.9. The molecule has 0 saturated carbocycles. The summed E-state index contributed by atoms with van der Waals surface area (Å²) in [5, 5.41) is 8.95. The number of piperazine rings is 1. The highest BCUT2D eigenvalue weighted by Crippen LogP contribution is 2.24. The molecule has 27 heavy (non-hydrogen) atoms. The number of aromatic carboxylic acids is 1. The van der Waals surface area contributed by atoms with E-state index in [-0.39, 0.29) is 11.6 Å². The molecule has 3 heterocycles. The van der Waals surface area contributed by atoms with Gasteiger partial charge in [0, 0.05) is 57.0 Å². The smallest absolute Gasteiger partial charge is 0.338 e. The minimum atomic E-state index is -1.01. The van der Waals surface area contributed by atoms with Gasteiger partial charge in [-0.15, -0.1) is 0 Å². The maximum atomic E-state index is 10.9. The summed E-state index contributed by atoms with van der Waals surface area (Å²) in [6.07, 6.45) is 6.13. The van der Waals surface area contributed by atoms with Crippen LogP contribution < -0.4 is 4.90 Å². The van der Waals surface area contributed by atoms with Crippen molar-refractivity contribution >= 4 is 23.0 Å². The first-order chi connectivity index (χ1) is 13.1. The van der Waals surface area contributed by atoms with E-state index >= 15 is 0 Å². The Morgan fingerprint density at radius 1 is 1.00 bits per heavy atom. The highest BCUT2D eigenvalue weighted by molar-refractivity contribution is 5.86. The van der Waals surface area contributed by atoms with Crippen molar-refractivity contribution in [3.63, 3.8) is 0 Å². The average Bonchev–Trinajstić information content (AvgIpc) is 2.73. The predicted molar refractivity (Wildman–Crippen MR) is 101 cm³/mol. The zero-order chi connectivity index (χ0) is 18.8. The van der Waals surface area contributed by atoms with Crippen molar-refractivity contribution in [1.29, 1.82) is 0 Å². The van der Waals surface area contributed by atoms with E-state index in [0.29, 0.717) is 5.95 Å². The van der Waals surface area contributed by atoms with Crippen molar-refractivity contribution in [2.24, 2.45) is 0 Å². The quantitative estimate of drug-likeness (QED) is 0.751. The van der Waals surface area contributed by atoms with Gasteiger partial charge in [-0.2, -0.15) is 0 Å². The summed E-state index contributed by atoms with van der Waals surface area (Å²) >= 11 is 0. The molecule has 138 valence electrons. The molecule has 0 bridgehead atoms. The zero-order valence-corrected chi connectivity index (χ0v) is 15.0. The van der Waals surface area contributed by atoms with E-state index in [9.17, 15) is 4.79 Å². The summed E-state index contributed by atoms with van der Waals surface area (Å²) in [5.74, 6) is -0.437. The number of benzene rings is 1. The van der Waals surface area contributed by atoms with Crippen LogP contribution in [0.3, 0.4) is 0 Å². The largest absolute Gasteiger partial charge is 0.478 e. The second-order valence-electron chi connectivity index (χ2n) is 6.58. The first-order valence-corrected chi connectivity index (χ1v) is 8.87. The standard InChI is InChI=1S/C19H20N6O2/c1-13(14-2-3-16-17(10-14)21-5-4-20-16)24-6-8-25(9-7-24)19-22-11-15(12-23-19)18(26)27/h2-5,10-13H,6-9H2,1H3,(H,26,27). The third-order valence-corrected chi connectivity index (χ3v) is 5.01. The summed E-state index contributed by atoms with van der Waals surface area (Å²) in [6, 6.07) is 6.51. The van der Waals surface area contributed by atoms with Gasteiger partial charge in [-0.3, -0.25) is 14.9 Å². The SMILES string of the molecule is CC(c1ccc2nccnc2c1)N1CCN(c2ncc(C(=O)O)cn2)CC1. The molecule has 0 amide bonds. The van der Waals surface area contributed by atoms with Crippen LogP contribution in [0.4, 0.5) is 5.95 Å². The lowest BCUT2D eigenvalue weighted by Gasteiger charge is -2.38. The molecule has 2 aromatic heterocycles. The van der Waals surface area contributed by atoms with Gasteiger partial charge in [0.05, 0.1) is 16.6 Å². The molecule has 0 radical (unpaired) electrons. The fourth-order valence-corrected chi connectivity index (χ4v) is 3.36. The number of hydrogen-bond acceptors (Lipinski definition) is 7. The molecule has 1 N–H and O–H groups in total. The fraction of sp³-hybridized carbons (Fsp3) is 0.316. The van der Waals surface area contributed by atoms with E-state index in [1.54, 1.807) is 12.4 Å². The highest BCUT2D eigenvalue weighted by Gasteiger charge is 2.23. The Bertz CT molecular complexity index is 954. The number of fused-ring (bicyclic) bond motifs is 1. The second kappa shape index (κ2) is 7.24. The first-order valence-electron chi connectivity index (χ1n) is 8.87. The van der Waals surface area contributed by atoms with E-state index in [2.05, 4.69) is 48.8 Å². The molecule has 0 spiro atoms. The van der Waals surface area contributed by atoms with Crippen molar-refractivity contribution in [1.82, 2.24) is 24.8 Å². The van der Waals surface area contributed by atoms with Gasteiger partial charge in [-0.25, -0.2) is 14.8 Å². The van der Waals surface area contributed by atoms with Gasteiger partial charge >= 0.3 is 5.97 Å². The number of hydrogen-bond donors (Lipinski definition) is 1. The second-order valence-corrected chi connectivity index (χ2v) is 6.58. The Balaban J connectivity index is 1.42. The Morgan fingerprint density at radius 2 is 1.67 bits per heavy atom. The third kappa shape index (κ3) is 3.56. The van der Waals surface area contributed by atoms with Crippen LogP contribution in [0.2, 0.25) is 0 Å². The van der Waals surface area contributed by atoms with Crippen molar-refractivity contribution in [2.75, 3.05) is 31.1 Å². The van der Waals surface area contributed by atoms with Crippen molar-refractivity contribution in [3.05, 3.63) is 54.1 Å². The lowest BCUT2D eigenvalue weighted by Crippen LogP contribution is -2.47. The molecule has 8 nitrogen and oxygen atoms in total. The van der Waals surface area contributed by atoms with Crippen molar-refractivity contribution < 1.29 is 9.90 Å². The normalized spacial score (nSPS) is 16.4. The molecular formula is C19H20N6O2. The lowest BCUT2D eigenvalue weighted by molar-refractivity contribution is 0.0696. The lowest BCUT2D eigenvalue weighted by atomic mass is 10.1. The fourth-order valence-electron chi connectivity index (χ4n) is 3.36. The molecule has 4 rings (SSSR count). The molecule has 1 aliphatic heterocycles. The molecule has 1 aliphatic rings. The van der Waals surface area contributed by atoms with E-state index in [4.69, 9.17) is 5.11 Å². The van der Waals surface area contributed by atoms with E-state index in [1.165, 1.54) is 18.0 Å². The average molecular weight is 364 g/mol. The van der Waals surface area contributed by atoms with Gasteiger partial charge in [0.1, 0.15) is 0 Å². The maximum Gasteiger partial charge on any atom is 0.338 e. The van der Waals surface area contributed by atoms with Gasteiger partial charge in [-0.1, -0.05) is 6.07 Å². The predicted octanol–water partition coefficient (Wildman–Crippen LogP) is 2.00. The van der Waals surface area contributed by atoms with E-state index < -0.39 is 5.97 Å². The number of carboxylic acids is 1.